The third-order valence-electron chi connectivity index (χ3n) is 5.05. The summed E-state index contributed by atoms with van der Waals surface area (Å²) >= 11 is 0. The van der Waals surface area contributed by atoms with E-state index in [1.54, 1.807) is 36.4 Å². The van der Waals surface area contributed by atoms with Crippen LogP contribution in [0.15, 0.2) is 72.8 Å². The van der Waals surface area contributed by atoms with Gasteiger partial charge in [0.25, 0.3) is 0 Å². The Kier molecular flexibility index (Phi) is 5.14. The van der Waals surface area contributed by atoms with Crippen LogP contribution in [0, 0.1) is 0 Å². The monoisotopic (exact) mass is 392 g/mol. The van der Waals surface area contributed by atoms with Gasteiger partial charge in [-0.3, -0.25) is 19.2 Å². The van der Waals surface area contributed by atoms with Gasteiger partial charge in [0.1, 0.15) is 25.1 Å². The molecule has 4 rings (SSSR count). The summed E-state index contributed by atoms with van der Waals surface area (Å²) in [5, 5.41) is 1.86. The predicted molar refractivity (Wildman–Crippen MR) is 116 cm³/mol. The topological polar surface area (TPSA) is 68.3 Å². The first kappa shape index (κ1) is 19.2. The van der Waals surface area contributed by atoms with Crippen LogP contribution >= 0.6 is 0 Å². The predicted octanol–water partition coefficient (Wildman–Crippen LogP) is 5.42. The van der Waals surface area contributed by atoms with Crippen LogP contribution in [0.2, 0.25) is 0 Å². The van der Waals surface area contributed by atoms with E-state index in [1.807, 2.05) is 36.4 Å². The maximum atomic E-state index is 11.3. The smallest absolute Gasteiger partial charge is 0.150 e. The Balaban J connectivity index is 1.99. The van der Waals surface area contributed by atoms with Crippen molar-refractivity contribution >= 4 is 35.9 Å². The Morgan fingerprint density at radius 3 is 1.07 bits per heavy atom. The molecule has 0 aliphatic rings. The lowest BCUT2D eigenvalue weighted by molar-refractivity contribution is 0.111. The molecule has 4 aromatic carbocycles. The van der Waals surface area contributed by atoms with E-state index >= 15 is 0 Å². The van der Waals surface area contributed by atoms with Crippen LogP contribution in [0.1, 0.15) is 41.4 Å². The van der Waals surface area contributed by atoms with Gasteiger partial charge < -0.3 is 0 Å². The molecule has 0 spiro atoms. The van der Waals surface area contributed by atoms with Gasteiger partial charge in [0.05, 0.1) is 0 Å². The largest absolute Gasteiger partial charge is 0.298 e. The molecule has 0 aromatic heterocycles. The molecule has 0 bridgehead atoms. The molecule has 0 fully saturated rings. The molecule has 0 radical (unpaired) electrons. The van der Waals surface area contributed by atoms with E-state index in [4.69, 9.17) is 0 Å². The second-order valence-electron chi connectivity index (χ2n) is 6.95. The highest BCUT2D eigenvalue weighted by molar-refractivity contribution is 6.06. The third-order valence-corrected chi connectivity index (χ3v) is 5.05. The molecule has 30 heavy (non-hydrogen) atoms. The van der Waals surface area contributed by atoms with Gasteiger partial charge in [0, 0.05) is 22.3 Å². The fourth-order valence-corrected chi connectivity index (χ4v) is 3.74. The zero-order chi connectivity index (χ0) is 21.1. The molecule has 144 valence electrons. The van der Waals surface area contributed by atoms with Gasteiger partial charge in [0.15, 0.2) is 0 Å². The second-order valence-corrected chi connectivity index (χ2v) is 6.95. The first-order chi connectivity index (χ1) is 14.7. The summed E-state index contributed by atoms with van der Waals surface area (Å²) in [6, 6.07) is 21.7. The van der Waals surface area contributed by atoms with Crippen molar-refractivity contribution in [1.29, 1.82) is 0 Å². The van der Waals surface area contributed by atoms with Gasteiger partial charge in [-0.15, -0.1) is 0 Å². The summed E-state index contributed by atoms with van der Waals surface area (Å²) in [6.45, 7) is 0. The number of carbonyl (C=O) groups is 4. The number of benzene rings is 4. The van der Waals surface area contributed by atoms with Crippen LogP contribution < -0.4 is 0 Å². The highest BCUT2D eigenvalue weighted by Gasteiger charge is 2.12. The third kappa shape index (κ3) is 3.47. The van der Waals surface area contributed by atoms with Crippen molar-refractivity contribution in [2.45, 2.75) is 0 Å². The Bertz CT molecular complexity index is 1160. The van der Waals surface area contributed by atoms with Gasteiger partial charge in [-0.1, -0.05) is 36.4 Å². The lowest BCUT2D eigenvalue weighted by Gasteiger charge is -2.13. The van der Waals surface area contributed by atoms with Gasteiger partial charge in [-0.05, 0) is 69.4 Å². The number of aldehydes is 4. The van der Waals surface area contributed by atoms with Crippen molar-refractivity contribution < 1.29 is 19.2 Å². The van der Waals surface area contributed by atoms with Crippen molar-refractivity contribution in [2.24, 2.45) is 0 Å². The van der Waals surface area contributed by atoms with Crippen molar-refractivity contribution in [3.05, 3.63) is 95.1 Å². The van der Waals surface area contributed by atoms with Gasteiger partial charge in [0.2, 0.25) is 0 Å². The van der Waals surface area contributed by atoms with E-state index in [2.05, 4.69) is 0 Å². The van der Waals surface area contributed by atoms with Crippen molar-refractivity contribution in [3.8, 4) is 22.3 Å². The minimum atomic E-state index is 0.428. The quantitative estimate of drug-likeness (QED) is 0.411. The molecular formula is C26H16O4. The molecule has 0 atom stereocenters. The molecule has 0 amide bonds. The first-order valence-corrected chi connectivity index (χ1v) is 9.30. The number of rotatable bonds is 6. The van der Waals surface area contributed by atoms with Gasteiger partial charge in [-0.25, -0.2) is 0 Å². The molecule has 4 aromatic rings. The van der Waals surface area contributed by atoms with Crippen molar-refractivity contribution in [3.63, 3.8) is 0 Å². The highest BCUT2D eigenvalue weighted by atomic mass is 16.1. The Morgan fingerprint density at radius 1 is 0.433 bits per heavy atom. The molecule has 0 saturated heterocycles. The molecular weight excluding hydrogens is 376 g/mol. The van der Waals surface area contributed by atoms with Crippen molar-refractivity contribution in [1.82, 2.24) is 0 Å². The minimum absolute atomic E-state index is 0.428. The molecule has 0 heterocycles. The van der Waals surface area contributed by atoms with E-state index < -0.39 is 0 Å². The Hall–Kier alpha value is -4.18. The Morgan fingerprint density at radius 2 is 0.767 bits per heavy atom. The first-order valence-electron chi connectivity index (χ1n) is 9.30. The number of hydrogen-bond acceptors (Lipinski definition) is 4. The zero-order valence-corrected chi connectivity index (χ0v) is 15.9. The maximum absolute atomic E-state index is 11.3. The summed E-state index contributed by atoms with van der Waals surface area (Å²) in [5.74, 6) is 0. The summed E-state index contributed by atoms with van der Waals surface area (Å²) in [7, 11) is 0. The van der Waals surface area contributed by atoms with E-state index in [9.17, 15) is 19.2 Å². The fraction of sp³-hybridized carbons (Fsp3) is 0. The van der Waals surface area contributed by atoms with Gasteiger partial charge >= 0.3 is 0 Å². The summed E-state index contributed by atoms with van der Waals surface area (Å²) in [6.07, 6.45) is 2.88. The number of hydrogen-bond donors (Lipinski definition) is 0. The van der Waals surface area contributed by atoms with Crippen LogP contribution in [0.5, 0.6) is 0 Å². The molecule has 0 aliphatic carbocycles. The molecule has 0 unspecified atom stereocenters. The highest BCUT2D eigenvalue weighted by Crippen LogP contribution is 2.36. The van der Waals surface area contributed by atoms with Crippen LogP contribution in [0.25, 0.3) is 33.0 Å². The summed E-state index contributed by atoms with van der Waals surface area (Å²) < 4.78 is 0. The SMILES string of the molecule is O=Cc1cc(C=O)cc(-c2ccc(-c3cc(C=O)cc(C=O)c3)c3ccccc23)c1. The number of fused-ring (bicyclic) bond motifs is 1. The molecule has 4 heteroatoms. The van der Waals surface area contributed by atoms with Crippen LogP contribution in [-0.2, 0) is 0 Å². The second kappa shape index (κ2) is 8.05. The van der Waals surface area contributed by atoms with E-state index in [0.717, 1.165) is 58.2 Å². The minimum Gasteiger partial charge on any atom is -0.298 e. The van der Waals surface area contributed by atoms with E-state index in [-0.39, 0.29) is 0 Å². The Labute approximate surface area is 172 Å². The fourth-order valence-electron chi connectivity index (χ4n) is 3.74. The molecule has 0 saturated carbocycles. The number of carbonyl (C=O) groups excluding carboxylic acids is 4. The molecule has 4 nitrogen and oxygen atoms in total. The van der Waals surface area contributed by atoms with Crippen LogP contribution in [0.4, 0.5) is 0 Å². The van der Waals surface area contributed by atoms with E-state index in [1.165, 1.54) is 0 Å². The standard InChI is InChI=1S/C26H16O4/c27-13-17-7-18(14-28)10-21(9-17)23-5-6-24(26-4-2-1-3-25(23)26)22-11-19(15-29)8-20(12-22)16-30/h1-16H. The average Bonchev–Trinajstić information content (AvgIpc) is 2.82. The summed E-state index contributed by atoms with van der Waals surface area (Å²) in [5.41, 5.74) is 4.99. The normalized spacial score (nSPS) is 10.5. The maximum Gasteiger partial charge on any atom is 0.150 e. The van der Waals surface area contributed by atoms with Crippen LogP contribution in [0.3, 0.4) is 0 Å². The molecule has 0 aliphatic heterocycles. The lowest BCUT2D eigenvalue weighted by Crippen LogP contribution is -1.92. The summed E-state index contributed by atoms with van der Waals surface area (Å²) in [4.78, 5) is 45.2. The van der Waals surface area contributed by atoms with Gasteiger partial charge in [-0.2, -0.15) is 0 Å². The van der Waals surface area contributed by atoms with Crippen molar-refractivity contribution in [2.75, 3.05) is 0 Å². The lowest BCUT2D eigenvalue weighted by atomic mass is 9.90. The molecule has 0 N–H and O–H groups in total. The zero-order valence-electron chi connectivity index (χ0n) is 15.9. The average molecular weight is 392 g/mol. The van der Waals surface area contributed by atoms with Crippen LogP contribution in [-0.4, -0.2) is 25.1 Å². The van der Waals surface area contributed by atoms with E-state index in [0.29, 0.717) is 22.3 Å².